The highest BCUT2D eigenvalue weighted by atomic mass is 79.9. The van der Waals surface area contributed by atoms with Crippen LogP contribution < -0.4 is 5.32 Å². The van der Waals surface area contributed by atoms with Crippen LogP contribution in [0, 0.1) is 0 Å². The van der Waals surface area contributed by atoms with E-state index in [2.05, 4.69) is 26.2 Å². The summed E-state index contributed by atoms with van der Waals surface area (Å²) in [5.74, 6) is -0.107. The third-order valence-corrected chi connectivity index (χ3v) is 4.40. The largest absolute Gasteiger partial charge is 0.301 e. The summed E-state index contributed by atoms with van der Waals surface area (Å²) < 4.78 is 1.01. The number of halogens is 1. The van der Waals surface area contributed by atoms with Crippen LogP contribution >= 0.6 is 39.0 Å². The second-order valence-corrected chi connectivity index (χ2v) is 6.80. The SMILES string of the molecule is CC(=O)SCC(=O)Nc1nc(-c2ccc(Br)cc2)cs1. The number of nitrogens with zero attached hydrogens (tertiary/aromatic N) is 1. The Morgan fingerprint density at radius 1 is 1.35 bits per heavy atom. The molecule has 0 saturated heterocycles. The van der Waals surface area contributed by atoms with Gasteiger partial charge in [-0.25, -0.2) is 4.98 Å². The van der Waals surface area contributed by atoms with Crippen molar-refractivity contribution in [3.8, 4) is 11.3 Å². The number of thioether (sulfide) groups is 1. The number of aromatic nitrogens is 1. The van der Waals surface area contributed by atoms with Crippen molar-refractivity contribution in [3.05, 3.63) is 34.1 Å². The molecular weight excluding hydrogens is 360 g/mol. The number of benzene rings is 1. The Hall–Kier alpha value is -1.18. The third-order valence-electron chi connectivity index (χ3n) is 2.30. The maximum atomic E-state index is 11.6. The van der Waals surface area contributed by atoms with Crippen molar-refractivity contribution in [2.45, 2.75) is 6.92 Å². The zero-order chi connectivity index (χ0) is 14.5. The maximum Gasteiger partial charge on any atom is 0.236 e. The van der Waals surface area contributed by atoms with Gasteiger partial charge in [0.15, 0.2) is 10.2 Å². The molecule has 1 aromatic carbocycles. The molecule has 1 aromatic heterocycles. The summed E-state index contributed by atoms with van der Waals surface area (Å²) in [7, 11) is 0. The molecule has 2 aromatic rings. The Morgan fingerprint density at radius 2 is 2.05 bits per heavy atom. The van der Waals surface area contributed by atoms with E-state index < -0.39 is 0 Å². The van der Waals surface area contributed by atoms with Crippen LogP contribution in [0.2, 0.25) is 0 Å². The Kier molecular flexibility index (Phi) is 5.33. The Morgan fingerprint density at radius 3 is 2.70 bits per heavy atom. The molecule has 104 valence electrons. The van der Waals surface area contributed by atoms with Crippen molar-refractivity contribution < 1.29 is 9.59 Å². The van der Waals surface area contributed by atoms with Crippen molar-refractivity contribution in [2.75, 3.05) is 11.1 Å². The Labute approximate surface area is 133 Å². The van der Waals surface area contributed by atoms with Gasteiger partial charge in [-0.2, -0.15) is 0 Å². The smallest absolute Gasteiger partial charge is 0.236 e. The molecule has 0 atom stereocenters. The number of nitrogens with one attached hydrogen (secondary N) is 1. The van der Waals surface area contributed by atoms with Crippen LogP contribution in [-0.2, 0) is 9.59 Å². The standard InChI is InChI=1S/C13H11BrN2O2S2/c1-8(17)19-7-12(18)16-13-15-11(6-20-13)9-2-4-10(14)5-3-9/h2-6H,7H2,1H3,(H,15,16,18). The molecule has 20 heavy (non-hydrogen) atoms. The molecular formula is C13H11BrN2O2S2. The number of carbonyl (C=O) groups excluding carboxylic acids is 2. The predicted octanol–water partition coefficient (Wildman–Crippen LogP) is 3.79. The van der Waals surface area contributed by atoms with Crippen molar-refractivity contribution in [1.29, 1.82) is 0 Å². The minimum Gasteiger partial charge on any atom is -0.301 e. The zero-order valence-electron chi connectivity index (χ0n) is 10.6. The van der Waals surface area contributed by atoms with E-state index in [1.165, 1.54) is 18.3 Å². The lowest BCUT2D eigenvalue weighted by Crippen LogP contribution is -2.14. The number of carbonyl (C=O) groups is 2. The molecule has 0 radical (unpaired) electrons. The lowest BCUT2D eigenvalue weighted by molar-refractivity contribution is -0.114. The number of anilines is 1. The second-order valence-electron chi connectivity index (χ2n) is 3.87. The van der Waals surface area contributed by atoms with Crippen molar-refractivity contribution in [1.82, 2.24) is 4.98 Å². The minimum atomic E-state index is -0.220. The van der Waals surface area contributed by atoms with Gasteiger partial charge in [-0.3, -0.25) is 9.59 Å². The first kappa shape index (κ1) is 15.2. The van der Waals surface area contributed by atoms with E-state index in [9.17, 15) is 9.59 Å². The fourth-order valence-electron chi connectivity index (χ4n) is 1.41. The number of amides is 1. The van der Waals surface area contributed by atoms with E-state index in [0.717, 1.165) is 27.5 Å². The minimum absolute atomic E-state index is 0.0742. The molecule has 2 rings (SSSR count). The highest BCUT2D eigenvalue weighted by Gasteiger charge is 2.09. The van der Waals surface area contributed by atoms with Crippen LogP contribution in [0.25, 0.3) is 11.3 Å². The molecule has 0 bridgehead atoms. The van der Waals surface area contributed by atoms with Gasteiger partial charge in [0.05, 0.1) is 11.4 Å². The van der Waals surface area contributed by atoms with E-state index >= 15 is 0 Å². The molecule has 0 unspecified atom stereocenters. The van der Waals surface area contributed by atoms with Gasteiger partial charge in [-0.15, -0.1) is 11.3 Å². The molecule has 1 heterocycles. The van der Waals surface area contributed by atoms with Crippen molar-refractivity contribution in [3.63, 3.8) is 0 Å². The van der Waals surface area contributed by atoms with Gasteiger partial charge >= 0.3 is 0 Å². The van der Waals surface area contributed by atoms with E-state index in [0.29, 0.717) is 5.13 Å². The van der Waals surface area contributed by atoms with Gasteiger partial charge in [-0.1, -0.05) is 39.8 Å². The summed E-state index contributed by atoms with van der Waals surface area (Å²) in [5, 5.41) is 5.04. The highest BCUT2D eigenvalue weighted by molar-refractivity contribution is 9.10. The molecule has 0 saturated carbocycles. The first-order valence-electron chi connectivity index (χ1n) is 5.69. The monoisotopic (exact) mass is 370 g/mol. The fourth-order valence-corrected chi connectivity index (χ4v) is 2.81. The molecule has 0 fully saturated rings. The molecule has 7 heteroatoms. The lowest BCUT2D eigenvalue weighted by Gasteiger charge is -1.99. The average Bonchev–Trinajstić information content (AvgIpc) is 2.85. The Balaban J connectivity index is 2.00. The number of hydrogen-bond donors (Lipinski definition) is 1. The maximum absolute atomic E-state index is 11.6. The normalized spacial score (nSPS) is 10.3. The molecule has 1 N–H and O–H groups in total. The summed E-state index contributed by atoms with van der Waals surface area (Å²) in [5.41, 5.74) is 1.81. The van der Waals surface area contributed by atoms with Crippen LogP contribution in [0.1, 0.15) is 6.92 Å². The molecule has 0 aliphatic rings. The van der Waals surface area contributed by atoms with Gasteiger partial charge in [0.25, 0.3) is 0 Å². The van der Waals surface area contributed by atoms with Gasteiger partial charge in [-0.05, 0) is 12.1 Å². The third kappa shape index (κ3) is 4.43. The predicted molar refractivity (Wildman–Crippen MR) is 87.0 cm³/mol. The van der Waals surface area contributed by atoms with Crippen molar-refractivity contribution >= 4 is 55.2 Å². The van der Waals surface area contributed by atoms with Gasteiger partial charge < -0.3 is 5.32 Å². The summed E-state index contributed by atoms with van der Waals surface area (Å²) in [4.78, 5) is 26.7. The highest BCUT2D eigenvalue weighted by Crippen LogP contribution is 2.26. The summed E-state index contributed by atoms with van der Waals surface area (Å²) in [6.07, 6.45) is 0. The fraction of sp³-hybridized carbons (Fsp3) is 0.154. The number of thiazole rings is 1. The van der Waals surface area contributed by atoms with Crippen LogP contribution in [0.15, 0.2) is 34.1 Å². The topological polar surface area (TPSA) is 59.1 Å². The van der Waals surface area contributed by atoms with E-state index in [1.54, 1.807) is 0 Å². The molecule has 0 aliphatic carbocycles. The first-order chi connectivity index (χ1) is 9.54. The number of rotatable bonds is 4. The van der Waals surface area contributed by atoms with Crippen LogP contribution in [0.4, 0.5) is 5.13 Å². The quantitative estimate of drug-likeness (QED) is 0.889. The Bertz CT molecular complexity index is 626. The number of hydrogen-bond acceptors (Lipinski definition) is 5. The molecule has 0 aliphatic heterocycles. The first-order valence-corrected chi connectivity index (χ1v) is 8.35. The van der Waals surface area contributed by atoms with E-state index in [-0.39, 0.29) is 16.8 Å². The summed E-state index contributed by atoms with van der Waals surface area (Å²) in [6, 6.07) is 7.79. The second kappa shape index (κ2) is 7.01. The average molecular weight is 371 g/mol. The molecule has 4 nitrogen and oxygen atoms in total. The van der Waals surface area contributed by atoms with E-state index in [1.807, 2.05) is 29.6 Å². The van der Waals surface area contributed by atoms with Crippen LogP contribution in [-0.4, -0.2) is 21.8 Å². The summed E-state index contributed by atoms with van der Waals surface area (Å²) >= 11 is 5.73. The van der Waals surface area contributed by atoms with Gasteiger partial charge in [0.1, 0.15) is 0 Å². The van der Waals surface area contributed by atoms with Gasteiger partial charge in [0, 0.05) is 22.3 Å². The van der Waals surface area contributed by atoms with Crippen LogP contribution in [0.3, 0.4) is 0 Å². The molecule has 1 amide bonds. The van der Waals surface area contributed by atoms with E-state index in [4.69, 9.17) is 0 Å². The van der Waals surface area contributed by atoms with Crippen molar-refractivity contribution in [2.24, 2.45) is 0 Å². The molecule has 0 spiro atoms. The lowest BCUT2D eigenvalue weighted by atomic mass is 10.2. The summed E-state index contributed by atoms with van der Waals surface area (Å²) in [6.45, 7) is 1.44. The van der Waals surface area contributed by atoms with Crippen LogP contribution in [0.5, 0.6) is 0 Å². The zero-order valence-corrected chi connectivity index (χ0v) is 13.8. The van der Waals surface area contributed by atoms with Gasteiger partial charge in [0.2, 0.25) is 5.91 Å².